The summed E-state index contributed by atoms with van der Waals surface area (Å²) in [7, 11) is 0. The van der Waals surface area contributed by atoms with E-state index in [0.717, 1.165) is 0 Å². The highest BCUT2D eigenvalue weighted by Gasteiger charge is 1.97. The summed E-state index contributed by atoms with van der Waals surface area (Å²) in [5.41, 5.74) is 0. The molecule has 0 unspecified atom stereocenters. The van der Waals surface area contributed by atoms with Gasteiger partial charge in [-0.3, -0.25) is 9.78 Å². The highest BCUT2D eigenvalue weighted by atomic mass is 17.5. The predicted octanol–water partition coefficient (Wildman–Crippen LogP) is 1.78. The number of hydrogen-bond donors (Lipinski definition) is 0. The Morgan fingerprint density at radius 2 is 1.27 bits per heavy atom. The number of pyridine rings is 2. The second-order valence-electron chi connectivity index (χ2n) is 2.57. The van der Waals surface area contributed by atoms with Gasteiger partial charge in [-0.15, -0.1) is 0 Å². The van der Waals surface area contributed by atoms with Crippen LogP contribution in [0, 0.1) is 0 Å². The average Bonchev–Trinajstić information content (AvgIpc) is 2.32. The standard InChI is InChI=1S/C10H8N2O3/c1-3-7-11-9(5-1)13-15-14-10-6-2-4-8-12-10/h1-8H. The lowest BCUT2D eigenvalue weighted by Crippen LogP contribution is -2.03. The molecule has 0 aliphatic carbocycles. The third-order valence-corrected chi connectivity index (χ3v) is 1.51. The highest BCUT2D eigenvalue weighted by Crippen LogP contribution is 2.07. The molecule has 2 aromatic heterocycles. The predicted molar refractivity (Wildman–Crippen MR) is 50.8 cm³/mol. The molecule has 15 heavy (non-hydrogen) atoms. The molecule has 76 valence electrons. The van der Waals surface area contributed by atoms with Crippen LogP contribution in [0.3, 0.4) is 0 Å². The van der Waals surface area contributed by atoms with Crippen molar-refractivity contribution in [2.75, 3.05) is 0 Å². The van der Waals surface area contributed by atoms with Gasteiger partial charge >= 0.3 is 0 Å². The monoisotopic (exact) mass is 204 g/mol. The Bertz CT molecular complexity index is 354. The molecule has 2 rings (SSSR count). The van der Waals surface area contributed by atoms with Crippen molar-refractivity contribution >= 4 is 0 Å². The van der Waals surface area contributed by atoms with Crippen molar-refractivity contribution in [3.05, 3.63) is 48.8 Å². The fourth-order valence-corrected chi connectivity index (χ4v) is 0.879. The van der Waals surface area contributed by atoms with Crippen molar-refractivity contribution in [3.8, 4) is 11.8 Å². The first-order valence-corrected chi connectivity index (χ1v) is 4.28. The summed E-state index contributed by atoms with van der Waals surface area (Å²) in [6.07, 6.45) is 3.17. The number of nitrogens with zero attached hydrogens (tertiary/aromatic N) is 2. The van der Waals surface area contributed by atoms with Crippen LogP contribution in [0.15, 0.2) is 48.8 Å². The zero-order chi connectivity index (χ0) is 10.3. The van der Waals surface area contributed by atoms with E-state index in [0.29, 0.717) is 11.8 Å². The first-order chi connectivity index (χ1) is 7.45. The molecule has 0 saturated heterocycles. The SMILES string of the molecule is c1ccc(OOOc2ccccn2)nc1. The van der Waals surface area contributed by atoms with E-state index >= 15 is 0 Å². The van der Waals surface area contributed by atoms with Gasteiger partial charge in [0, 0.05) is 29.6 Å². The van der Waals surface area contributed by atoms with E-state index in [4.69, 9.17) is 9.78 Å². The summed E-state index contributed by atoms with van der Waals surface area (Å²) in [6, 6.07) is 10.4. The van der Waals surface area contributed by atoms with Crippen molar-refractivity contribution in [2.45, 2.75) is 0 Å². The number of hydrogen-bond acceptors (Lipinski definition) is 5. The minimum atomic E-state index is 0.313. The first-order valence-electron chi connectivity index (χ1n) is 4.28. The van der Waals surface area contributed by atoms with E-state index in [2.05, 4.69) is 15.0 Å². The van der Waals surface area contributed by atoms with E-state index in [1.165, 1.54) is 0 Å². The van der Waals surface area contributed by atoms with Crippen LogP contribution in [0.4, 0.5) is 0 Å². The van der Waals surface area contributed by atoms with Crippen molar-refractivity contribution in [3.63, 3.8) is 0 Å². The quantitative estimate of drug-likeness (QED) is 0.561. The van der Waals surface area contributed by atoms with Gasteiger partial charge < -0.3 is 0 Å². The first kappa shape index (κ1) is 9.42. The van der Waals surface area contributed by atoms with Gasteiger partial charge in [-0.1, -0.05) is 12.1 Å². The third kappa shape index (κ3) is 2.92. The maximum Gasteiger partial charge on any atom is 0.260 e. The zero-order valence-electron chi connectivity index (χ0n) is 7.74. The van der Waals surface area contributed by atoms with E-state index in [1.54, 1.807) is 48.8 Å². The maximum atomic E-state index is 4.74. The van der Waals surface area contributed by atoms with Crippen LogP contribution >= 0.6 is 0 Å². The third-order valence-electron chi connectivity index (χ3n) is 1.51. The van der Waals surface area contributed by atoms with Crippen molar-refractivity contribution in [1.29, 1.82) is 0 Å². The number of rotatable bonds is 4. The minimum Gasteiger partial charge on any atom is -0.278 e. The lowest BCUT2D eigenvalue weighted by molar-refractivity contribution is -0.414. The van der Waals surface area contributed by atoms with Gasteiger partial charge in [-0.2, -0.15) is 0 Å². The summed E-state index contributed by atoms with van der Waals surface area (Å²) < 4.78 is 0. The Balaban J connectivity index is 1.81. The summed E-state index contributed by atoms with van der Waals surface area (Å²) in [5, 5.41) is 4.48. The molecule has 0 radical (unpaired) electrons. The van der Waals surface area contributed by atoms with Gasteiger partial charge in [0.15, 0.2) is 0 Å². The van der Waals surface area contributed by atoms with Gasteiger partial charge in [0.25, 0.3) is 11.8 Å². The fraction of sp³-hybridized carbons (Fsp3) is 0. The molecule has 2 heterocycles. The van der Waals surface area contributed by atoms with Crippen LogP contribution in [0.1, 0.15) is 0 Å². The maximum absolute atomic E-state index is 4.74. The van der Waals surface area contributed by atoms with Gasteiger partial charge in [-0.25, -0.2) is 9.97 Å². The van der Waals surface area contributed by atoms with Gasteiger partial charge in [0.2, 0.25) is 0 Å². The second-order valence-corrected chi connectivity index (χ2v) is 2.57. The Morgan fingerprint density at radius 1 is 0.733 bits per heavy atom. The Hall–Kier alpha value is -2.14. The molecule has 0 N–H and O–H groups in total. The smallest absolute Gasteiger partial charge is 0.260 e. The molecular weight excluding hydrogens is 196 g/mol. The Morgan fingerprint density at radius 3 is 1.67 bits per heavy atom. The van der Waals surface area contributed by atoms with Crippen LogP contribution in [0.2, 0.25) is 0 Å². The molecule has 5 nitrogen and oxygen atoms in total. The van der Waals surface area contributed by atoms with Crippen molar-refractivity contribution in [2.24, 2.45) is 0 Å². The lowest BCUT2D eigenvalue weighted by atomic mass is 10.5. The van der Waals surface area contributed by atoms with E-state index < -0.39 is 0 Å². The van der Waals surface area contributed by atoms with Crippen LogP contribution < -0.4 is 9.78 Å². The zero-order valence-corrected chi connectivity index (χ0v) is 7.74. The fourth-order valence-electron chi connectivity index (χ4n) is 0.879. The van der Waals surface area contributed by atoms with E-state index in [9.17, 15) is 0 Å². The topological polar surface area (TPSA) is 53.5 Å². The molecule has 0 atom stereocenters. The molecule has 0 amide bonds. The normalized spacial score (nSPS) is 9.60. The Kier molecular flexibility index (Phi) is 3.09. The molecule has 2 aromatic rings. The van der Waals surface area contributed by atoms with Crippen molar-refractivity contribution in [1.82, 2.24) is 9.97 Å². The molecule has 0 bridgehead atoms. The molecule has 0 fully saturated rings. The van der Waals surface area contributed by atoms with Crippen LogP contribution in [-0.4, -0.2) is 9.97 Å². The van der Waals surface area contributed by atoms with Gasteiger partial charge in [0.1, 0.15) is 0 Å². The molecule has 0 aliphatic rings. The molecular formula is C10H8N2O3. The van der Waals surface area contributed by atoms with Gasteiger partial charge in [-0.05, 0) is 12.1 Å². The molecule has 0 aliphatic heterocycles. The van der Waals surface area contributed by atoms with E-state index in [-0.39, 0.29) is 0 Å². The van der Waals surface area contributed by atoms with E-state index in [1.807, 2.05) is 0 Å². The summed E-state index contributed by atoms with van der Waals surface area (Å²) in [4.78, 5) is 17.2. The summed E-state index contributed by atoms with van der Waals surface area (Å²) in [5.74, 6) is 0.627. The minimum absolute atomic E-state index is 0.313. The van der Waals surface area contributed by atoms with Gasteiger partial charge in [0.05, 0.1) is 0 Å². The molecule has 0 spiro atoms. The largest absolute Gasteiger partial charge is 0.278 e. The average molecular weight is 204 g/mol. The number of aromatic nitrogens is 2. The summed E-state index contributed by atoms with van der Waals surface area (Å²) >= 11 is 0. The lowest BCUT2D eigenvalue weighted by Gasteiger charge is -2.01. The van der Waals surface area contributed by atoms with Crippen LogP contribution in [-0.2, 0) is 5.04 Å². The molecule has 0 saturated carbocycles. The Labute approximate surface area is 86.1 Å². The summed E-state index contributed by atoms with van der Waals surface area (Å²) in [6.45, 7) is 0. The van der Waals surface area contributed by atoms with Crippen LogP contribution in [0.5, 0.6) is 11.8 Å². The molecule has 0 aromatic carbocycles. The van der Waals surface area contributed by atoms with Crippen LogP contribution in [0.25, 0.3) is 0 Å². The second kappa shape index (κ2) is 4.92. The van der Waals surface area contributed by atoms with Crippen molar-refractivity contribution < 1.29 is 14.8 Å². The molecule has 5 heteroatoms. The highest BCUT2D eigenvalue weighted by molar-refractivity contribution is 5.09.